The maximum Gasteiger partial charge on any atom is 0.267 e. The first kappa shape index (κ1) is 15.2. The van der Waals surface area contributed by atoms with Gasteiger partial charge in [0.15, 0.2) is 4.67 Å². The van der Waals surface area contributed by atoms with E-state index in [1.165, 1.54) is 6.08 Å². The highest BCUT2D eigenvalue weighted by molar-refractivity contribution is 9.10. The van der Waals surface area contributed by atoms with Gasteiger partial charge in [-0.05, 0) is 28.1 Å². The van der Waals surface area contributed by atoms with Crippen LogP contribution in [-0.2, 0) is 9.59 Å². The van der Waals surface area contributed by atoms with Gasteiger partial charge in [0, 0.05) is 6.08 Å². The highest BCUT2D eigenvalue weighted by Crippen LogP contribution is 2.34. The first-order valence-corrected chi connectivity index (χ1v) is 7.30. The third-order valence-corrected chi connectivity index (χ3v) is 4.20. The maximum atomic E-state index is 12.1. The lowest BCUT2D eigenvalue weighted by Crippen LogP contribution is -2.51. The van der Waals surface area contributed by atoms with Crippen LogP contribution in [0.15, 0.2) is 26.1 Å². The molecule has 1 fully saturated rings. The van der Waals surface area contributed by atoms with Gasteiger partial charge in [-0.3, -0.25) is 9.69 Å². The summed E-state index contributed by atoms with van der Waals surface area (Å²) in [6.07, 6.45) is 1.45. The Morgan fingerprint density at radius 1 is 1.65 bits per heavy atom. The summed E-state index contributed by atoms with van der Waals surface area (Å²) in [5.74, 6) is -1.74. The van der Waals surface area contributed by atoms with Crippen LogP contribution < -0.4 is 5.11 Å². The molecule has 1 aliphatic heterocycles. The molecule has 1 aliphatic rings. The Balaban J connectivity index is 2.29. The summed E-state index contributed by atoms with van der Waals surface area (Å²) in [5, 5.41) is 19.9. The van der Waals surface area contributed by atoms with E-state index in [4.69, 9.17) is 21.7 Å². The Bertz CT molecular complexity index is 612. The van der Waals surface area contributed by atoms with E-state index in [0.717, 1.165) is 16.7 Å². The van der Waals surface area contributed by atoms with Gasteiger partial charge in [0.05, 0.1) is 17.5 Å². The summed E-state index contributed by atoms with van der Waals surface area (Å²) in [5.41, 5.74) is 0. The van der Waals surface area contributed by atoms with Gasteiger partial charge in [-0.25, -0.2) is 0 Å². The van der Waals surface area contributed by atoms with Crippen LogP contribution in [0, 0.1) is 0 Å². The van der Waals surface area contributed by atoms with Crippen molar-refractivity contribution in [2.75, 3.05) is 6.61 Å². The normalized spacial score (nSPS) is 18.9. The Morgan fingerprint density at radius 2 is 2.35 bits per heavy atom. The van der Waals surface area contributed by atoms with E-state index in [0.29, 0.717) is 10.4 Å². The van der Waals surface area contributed by atoms with E-state index in [-0.39, 0.29) is 9.23 Å². The standard InChI is InChI=1S/C11H8BrNO5S2/c12-8-2-1-5(18-8)3-7-9(15)13(11(19)20-7)6(4-14)10(16)17/h1-3,6,14H,4H2,(H,16,17)/p-1/b7-3+/t6-/m1/s1. The summed E-state index contributed by atoms with van der Waals surface area (Å²) in [4.78, 5) is 24.1. The smallest absolute Gasteiger partial charge is 0.267 e. The first-order chi connectivity index (χ1) is 9.43. The van der Waals surface area contributed by atoms with Gasteiger partial charge < -0.3 is 19.4 Å². The number of hydrogen-bond acceptors (Lipinski definition) is 7. The number of carbonyl (C=O) groups excluding carboxylic acids is 2. The summed E-state index contributed by atoms with van der Waals surface area (Å²) < 4.78 is 5.79. The van der Waals surface area contributed by atoms with E-state index < -0.39 is 24.5 Å². The molecule has 0 saturated carbocycles. The molecule has 0 radical (unpaired) electrons. The minimum atomic E-state index is -1.56. The zero-order chi connectivity index (χ0) is 14.9. The van der Waals surface area contributed by atoms with E-state index in [2.05, 4.69) is 15.9 Å². The molecule has 9 heteroatoms. The quantitative estimate of drug-likeness (QED) is 0.598. The molecule has 1 saturated heterocycles. The topological polar surface area (TPSA) is 93.8 Å². The van der Waals surface area contributed by atoms with Crippen molar-refractivity contribution < 1.29 is 24.2 Å². The fourth-order valence-corrected chi connectivity index (χ4v) is 3.20. The number of aliphatic carboxylic acids is 1. The van der Waals surface area contributed by atoms with Crippen LogP contribution in [0.2, 0.25) is 0 Å². The van der Waals surface area contributed by atoms with E-state index in [9.17, 15) is 14.7 Å². The van der Waals surface area contributed by atoms with Crippen LogP contribution in [0.25, 0.3) is 6.08 Å². The summed E-state index contributed by atoms with van der Waals surface area (Å²) in [7, 11) is 0. The Kier molecular flexibility index (Phi) is 4.63. The number of aliphatic hydroxyl groups excluding tert-OH is 1. The van der Waals surface area contributed by atoms with Crippen molar-refractivity contribution in [2.45, 2.75) is 6.04 Å². The molecule has 1 atom stereocenters. The molecular formula is C11H7BrNO5S2-. The third kappa shape index (κ3) is 2.95. The number of carbonyl (C=O) groups is 2. The lowest BCUT2D eigenvalue weighted by Gasteiger charge is -2.25. The van der Waals surface area contributed by atoms with Crippen LogP contribution in [0.1, 0.15) is 5.76 Å². The molecule has 0 aliphatic carbocycles. The molecule has 1 aromatic rings. The molecule has 106 valence electrons. The number of halogens is 1. The minimum absolute atomic E-state index is 0.0510. The van der Waals surface area contributed by atoms with E-state index >= 15 is 0 Å². The van der Waals surface area contributed by atoms with Gasteiger partial charge >= 0.3 is 0 Å². The fraction of sp³-hybridized carbons (Fsp3) is 0.182. The largest absolute Gasteiger partial charge is 0.548 e. The molecule has 1 amide bonds. The van der Waals surface area contributed by atoms with Gasteiger partial charge in [0.1, 0.15) is 16.1 Å². The number of hydrogen-bond donors (Lipinski definition) is 1. The minimum Gasteiger partial charge on any atom is -0.548 e. The lowest BCUT2D eigenvalue weighted by molar-refractivity contribution is -0.311. The van der Waals surface area contributed by atoms with Crippen molar-refractivity contribution >= 4 is 62.2 Å². The molecular weight excluding hydrogens is 370 g/mol. The molecule has 1 aromatic heterocycles. The number of thioether (sulfide) groups is 1. The molecule has 6 nitrogen and oxygen atoms in total. The predicted octanol–water partition coefficient (Wildman–Crippen LogP) is 0.354. The van der Waals surface area contributed by atoms with Crippen LogP contribution >= 0.6 is 39.9 Å². The Morgan fingerprint density at radius 3 is 2.85 bits per heavy atom. The molecule has 0 bridgehead atoms. The second-order valence-corrected chi connectivity index (χ2v) is 6.17. The third-order valence-electron chi connectivity index (χ3n) is 2.45. The number of thiocarbonyl (C=S) groups is 1. The lowest BCUT2D eigenvalue weighted by atomic mass is 10.2. The van der Waals surface area contributed by atoms with Crippen LogP contribution in [-0.4, -0.2) is 38.9 Å². The summed E-state index contributed by atoms with van der Waals surface area (Å²) >= 11 is 9.03. The molecule has 1 N–H and O–H groups in total. The molecule has 20 heavy (non-hydrogen) atoms. The Hall–Kier alpha value is -1.16. The van der Waals surface area contributed by atoms with Crippen LogP contribution in [0.5, 0.6) is 0 Å². The second kappa shape index (κ2) is 6.08. The van der Waals surface area contributed by atoms with Crippen LogP contribution in [0.4, 0.5) is 0 Å². The van der Waals surface area contributed by atoms with Gasteiger partial charge in [0.2, 0.25) is 0 Å². The predicted molar refractivity (Wildman–Crippen MR) is 77.3 cm³/mol. The number of carboxylic acids is 1. The number of amides is 1. The highest BCUT2D eigenvalue weighted by atomic mass is 79.9. The van der Waals surface area contributed by atoms with Gasteiger partial charge in [-0.2, -0.15) is 0 Å². The van der Waals surface area contributed by atoms with Crippen molar-refractivity contribution in [1.29, 1.82) is 0 Å². The van der Waals surface area contributed by atoms with Crippen molar-refractivity contribution in [2.24, 2.45) is 0 Å². The van der Waals surface area contributed by atoms with Crippen LogP contribution in [0.3, 0.4) is 0 Å². The molecule has 2 heterocycles. The van der Waals surface area contributed by atoms with E-state index in [1.807, 2.05) is 0 Å². The SMILES string of the molecule is O=C([O-])[C@@H](CO)N1C(=O)/C(=C\c2ccc(Br)o2)SC1=S. The number of carboxylic acid groups (broad SMARTS) is 1. The maximum absolute atomic E-state index is 12.1. The fourth-order valence-electron chi connectivity index (χ4n) is 1.55. The van der Waals surface area contributed by atoms with Crippen molar-refractivity contribution in [3.05, 3.63) is 27.5 Å². The number of furan rings is 1. The molecule has 2 rings (SSSR count). The summed E-state index contributed by atoms with van der Waals surface area (Å²) in [6.45, 7) is -0.769. The monoisotopic (exact) mass is 376 g/mol. The van der Waals surface area contributed by atoms with Gasteiger partial charge in [-0.1, -0.05) is 24.0 Å². The van der Waals surface area contributed by atoms with Gasteiger partial charge in [0.25, 0.3) is 5.91 Å². The molecule has 0 spiro atoms. The zero-order valence-electron chi connectivity index (χ0n) is 9.74. The molecule has 0 aromatic carbocycles. The van der Waals surface area contributed by atoms with Crippen molar-refractivity contribution in [3.8, 4) is 0 Å². The molecule has 0 unspecified atom stereocenters. The second-order valence-electron chi connectivity index (χ2n) is 3.71. The first-order valence-electron chi connectivity index (χ1n) is 5.28. The number of rotatable bonds is 4. The Labute approximate surface area is 131 Å². The summed E-state index contributed by atoms with van der Waals surface area (Å²) in [6, 6.07) is 1.81. The average Bonchev–Trinajstić information content (AvgIpc) is 2.89. The van der Waals surface area contributed by atoms with Gasteiger partial charge in [-0.15, -0.1) is 0 Å². The van der Waals surface area contributed by atoms with Crippen molar-refractivity contribution in [1.82, 2.24) is 4.90 Å². The average molecular weight is 377 g/mol. The van der Waals surface area contributed by atoms with E-state index in [1.54, 1.807) is 12.1 Å². The van der Waals surface area contributed by atoms with Crippen molar-refractivity contribution in [3.63, 3.8) is 0 Å². The number of nitrogens with zero attached hydrogens (tertiary/aromatic N) is 1. The number of aliphatic hydroxyl groups is 1. The zero-order valence-corrected chi connectivity index (χ0v) is 13.0. The highest BCUT2D eigenvalue weighted by Gasteiger charge is 2.37.